The number of allylic oxidation sites excluding steroid dienone is 1. The molecule has 1 atom stereocenters. The van der Waals surface area contributed by atoms with Crippen LogP contribution < -0.4 is 15.8 Å². The number of aromatic nitrogens is 3. The molecule has 0 aromatic carbocycles. The van der Waals surface area contributed by atoms with E-state index in [9.17, 15) is 14.0 Å². The smallest absolute Gasteiger partial charge is 0.270 e. The molecule has 2 aromatic heterocycles. The Bertz CT molecular complexity index is 1180. The molecule has 2 saturated heterocycles. The number of piperazine rings is 1. The molecule has 1 aliphatic carbocycles. The van der Waals surface area contributed by atoms with E-state index in [0.29, 0.717) is 49.8 Å². The number of hydrogen-bond donors (Lipinski definition) is 2. The van der Waals surface area contributed by atoms with Crippen molar-refractivity contribution in [3.63, 3.8) is 0 Å². The van der Waals surface area contributed by atoms with Gasteiger partial charge in [-0.15, -0.1) is 0 Å². The predicted molar refractivity (Wildman–Crippen MR) is 135 cm³/mol. The summed E-state index contributed by atoms with van der Waals surface area (Å²) in [7, 11) is 0. The number of pyridine rings is 1. The van der Waals surface area contributed by atoms with E-state index in [2.05, 4.69) is 31.2 Å². The van der Waals surface area contributed by atoms with Crippen LogP contribution in [0, 0.1) is 5.95 Å². The van der Waals surface area contributed by atoms with Crippen LogP contribution in [0.2, 0.25) is 0 Å². The van der Waals surface area contributed by atoms with Gasteiger partial charge < -0.3 is 19.9 Å². The Balaban J connectivity index is 1.17. The van der Waals surface area contributed by atoms with Crippen molar-refractivity contribution in [1.82, 2.24) is 25.2 Å². The Kier molecular flexibility index (Phi) is 7.43. The minimum absolute atomic E-state index is 0.0424. The molecule has 0 spiro atoms. The number of H-pyrrole nitrogens is 1. The lowest BCUT2D eigenvalue weighted by Crippen LogP contribution is -2.49. The molecule has 192 valence electrons. The maximum atomic E-state index is 14.9. The molecule has 0 radical (unpaired) electrons. The van der Waals surface area contributed by atoms with Crippen molar-refractivity contribution in [2.75, 3.05) is 44.3 Å². The van der Waals surface area contributed by atoms with Crippen molar-refractivity contribution < 1.29 is 13.9 Å². The number of carbonyl (C=O) groups excluding carboxylic acids is 1. The maximum absolute atomic E-state index is 14.9. The minimum atomic E-state index is -0.614. The number of aryl methyl sites for hydroxylation is 1. The third kappa shape index (κ3) is 5.34. The van der Waals surface area contributed by atoms with Gasteiger partial charge in [0, 0.05) is 63.2 Å². The van der Waals surface area contributed by atoms with E-state index >= 15 is 0 Å². The fourth-order valence-corrected chi connectivity index (χ4v) is 5.21. The molecule has 36 heavy (non-hydrogen) atoms. The van der Waals surface area contributed by atoms with Gasteiger partial charge in [-0.1, -0.05) is 13.0 Å². The number of carbonyl (C=O) groups is 1. The zero-order valence-corrected chi connectivity index (χ0v) is 20.6. The molecule has 0 bridgehead atoms. The van der Waals surface area contributed by atoms with Gasteiger partial charge in [-0.3, -0.25) is 14.5 Å². The standard InChI is InChI=1S/C26H33FN6O3/c1-2-17-16-28-24(31-25(17)34)18-3-4-20(15-18)32-9-11-33(12-10-32)22-6-5-21(30-23(22)27)26(35)29-19-7-13-36-14-8-19/h5-6,15-16,19-20H,2-4,7-14H2,1H3,(H,29,35)(H,28,31,34). The highest BCUT2D eigenvalue weighted by atomic mass is 19.1. The maximum Gasteiger partial charge on any atom is 0.270 e. The van der Waals surface area contributed by atoms with Crippen molar-refractivity contribution in [1.29, 1.82) is 0 Å². The largest absolute Gasteiger partial charge is 0.381 e. The molecule has 2 N–H and O–H groups in total. The SMILES string of the molecule is CCc1cnc(C2=CC(N3CCN(c4ccc(C(=O)NC5CCOCC5)nc4F)CC3)CC2)[nH]c1=O. The first kappa shape index (κ1) is 24.6. The number of amides is 1. The summed E-state index contributed by atoms with van der Waals surface area (Å²) >= 11 is 0. The highest BCUT2D eigenvalue weighted by molar-refractivity contribution is 5.92. The average Bonchev–Trinajstić information content (AvgIpc) is 3.40. The number of hydrogen-bond acceptors (Lipinski definition) is 7. The van der Waals surface area contributed by atoms with Crippen molar-refractivity contribution in [2.24, 2.45) is 0 Å². The Morgan fingerprint density at radius 1 is 1.19 bits per heavy atom. The molecule has 9 nitrogen and oxygen atoms in total. The fourth-order valence-electron chi connectivity index (χ4n) is 5.21. The Morgan fingerprint density at radius 2 is 1.97 bits per heavy atom. The summed E-state index contributed by atoms with van der Waals surface area (Å²) in [5.41, 5.74) is 2.23. The van der Waals surface area contributed by atoms with E-state index in [1.807, 2.05) is 11.8 Å². The number of halogens is 1. The molecule has 2 aliphatic heterocycles. The Morgan fingerprint density at radius 3 is 2.67 bits per heavy atom. The van der Waals surface area contributed by atoms with Crippen LogP contribution in [0.4, 0.5) is 10.1 Å². The second-order valence-corrected chi connectivity index (χ2v) is 9.63. The molecule has 3 aliphatic rings. The summed E-state index contributed by atoms with van der Waals surface area (Å²) in [5.74, 6) is -0.301. The summed E-state index contributed by atoms with van der Waals surface area (Å²) in [6, 6.07) is 3.58. The zero-order chi connectivity index (χ0) is 25.1. The zero-order valence-electron chi connectivity index (χ0n) is 20.6. The van der Waals surface area contributed by atoms with Crippen LogP contribution in [0.15, 0.2) is 29.2 Å². The van der Waals surface area contributed by atoms with E-state index in [4.69, 9.17) is 4.74 Å². The topological polar surface area (TPSA) is 103 Å². The summed E-state index contributed by atoms with van der Waals surface area (Å²) in [5, 5.41) is 2.92. The van der Waals surface area contributed by atoms with E-state index in [1.54, 1.807) is 18.3 Å². The first-order chi connectivity index (χ1) is 17.5. The summed E-state index contributed by atoms with van der Waals surface area (Å²) in [6.45, 7) is 6.11. The molecular formula is C26H33FN6O3. The van der Waals surface area contributed by atoms with Gasteiger partial charge in [0.05, 0.1) is 5.69 Å². The van der Waals surface area contributed by atoms with Gasteiger partial charge in [-0.2, -0.15) is 4.39 Å². The third-order valence-corrected chi connectivity index (χ3v) is 7.40. The number of nitrogens with zero attached hydrogens (tertiary/aromatic N) is 4. The predicted octanol–water partition coefficient (Wildman–Crippen LogP) is 2.14. The molecule has 1 amide bonds. The number of nitrogens with one attached hydrogen (secondary N) is 2. The van der Waals surface area contributed by atoms with Crippen LogP contribution in [0.1, 0.15) is 54.5 Å². The number of aromatic amines is 1. The van der Waals surface area contributed by atoms with Crippen molar-refractivity contribution in [3.8, 4) is 0 Å². The van der Waals surface area contributed by atoms with Crippen LogP contribution in [-0.2, 0) is 11.2 Å². The van der Waals surface area contributed by atoms with Gasteiger partial charge in [-0.05, 0) is 49.8 Å². The molecule has 10 heteroatoms. The number of anilines is 1. The van der Waals surface area contributed by atoms with Crippen LogP contribution in [0.5, 0.6) is 0 Å². The lowest BCUT2D eigenvalue weighted by atomic mass is 10.1. The minimum Gasteiger partial charge on any atom is -0.381 e. The van der Waals surface area contributed by atoms with E-state index in [1.165, 1.54) is 0 Å². The molecule has 2 fully saturated rings. The van der Waals surface area contributed by atoms with Crippen molar-refractivity contribution >= 4 is 17.2 Å². The molecule has 0 saturated carbocycles. The lowest BCUT2D eigenvalue weighted by molar-refractivity contribution is 0.0693. The summed E-state index contributed by atoms with van der Waals surface area (Å²) < 4.78 is 20.2. The van der Waals surface area contributed by atoms with E-state index in [0.717, 1.165) is 44.3 Å². The number of rotatable bonds is 6. The van der Waals surface area contributed by atoms with Gasteiger partial charge >= 0.3 is 0 Å². The van der Waals surface area contributed by atoms with Crippen molar-refractivity contribution in [3.05, 3.63) is 57.8 Å². The first-order valence-electron chi connectivity index (χ1n) is 12.8. The Labute approximate surface area is 209 Å². The van der Waals surface area contributed by atoms with Gasteiger partial charge in [0.1, 0.15) is 11.5 Å². The average molecular weight is 497 g/mol. The summed E-state index contributed by atoms with van der Waals surface area (Å²) in [6.07, 6.45) is 7.90. The van der Waals surface area contributed by atoms with Gasteiger partial charge in [-0.25, -0.2) is 9.97 Å². The van der Waals surface area contributed by atoms with Crippen LogP contribution in [0.3, 0.4) is 0 Å². The highest BCUT2D eigenvalue weighted by Gasteiger charge is 2.28. The second kappa shape index (κ2) is 10.9. The third-order valence-electron chi connectivity index (χ3n) is 7.40. The first-order valence-corrected chi connectivity index (χ1v) is 12.8. The molecule has 5 rings (SSSR count). The quantitative estimate of drug-likeness (QED) is 0.591. The van der Waals surface area contributed by atoms with E-state index < -0.39 is 5.95 Å². The summed E-state index contributed by atoms with van der Waals surface area (Å²) in [4.78, 5) is 40.4. The Hall–Kier alpha value is -3.11. The van der Waals surface area contributed by atoms with Gasteiger partial charge in [0.25, 0.3) is 11.5 Å². The fraction of sp³-hybridized carbons (Fsp3) is 0.538. The molecular weight excluding hydrogens is 463 g/mol. The molecule has 4 heterocycles. The molecule has 2 aromatic rings. The van der Waals surface area contributed by atoms with Gasteiger partial charge in [0.2, 0.25) is 5.95 Å². The molecule has 1 unspecified atom stereocenters. The van der Waals surface area contributed by atoms with Crippen LogP contribution in [-0.4, -0.2) is 77.2 Å². The van der Waals surface area contributed by atoms with Crippen LogP contribution in [0.25, 0.3) is 5.57 Å². The van der Waals surface area contributed by atoms with E-state index in [-0.39, 0.29) is 29.2 Å². The highest BCUT2D eigenvalue weighted by Crippen LogP contribution is 2.30. The number of ether oxygens (including phenoxy) is 1. The lowest BCUT2D eigenvalue weighted by Gasteiger charge is -2.38. The van der Waals surface area contributed by atoms with Gasteiger partial charge in [0.15, 0.2) is 0 Å². The monoisotopic (exact) mass is 496 g/mol. The van der Waals surface area contributed by atoms with Crippen LogP contribution >= 0.6 is 0 Å². The normalized spacial score (nSPS) is 21.4. The van der Waals surface area contributed by atoms with Crippen molar-refractivity contribution in [2.45, 2.75) is 51.1 Å². The second-order valence-electron chi connectivity index (χ2n) is 9.63.